The molecule has 0 aliphatic heterocycles. The van der Waals surface area contributed by atoms with E-state index in [1.807, 2.05) is 146 Å². The van der Waals surface area contributed by atoms with Crippen LogP contribution in [-0.2, 0) is 6.18 Å². The molecule has 10 heteroatoms. The molecule has 6 heterocycles. The lowest BCUT2D eigenvalue weighted by Crippen LogP contribution is -2.08. The van der Waals surface area contributed by atoms with E-state index in [1.54, 1.807) is 18.2 Å². The zero-order chi connectivity index (χ0) is 61.9. The number of nitrogens with zero attached hydrogens (tertiary/aromatic N) is 7. The highest BCUT2D eigenvalue weighted by molar-refractivity contribution is 6.14. The second-order valence-corrected chi connectivity index (χ2v) is 22.8. The molecular weight excluding hydrogens is 1140 g/mol. The Morgan fingerprint density at radius 3 is 0.891 bits per heavy atom. The minimum atomic E-state index is -4.73. The van der Waals surface area contributed by atoms with Crippen molar-refractivity contribution in [3.63, 3.8) is 0 Å². The zero-order valence-electron chi connectivity index (χ0n) is 49.1. The first kappa shape index (κ1) is 55.0. The van der Waals surface area contributed by atoms with Crippen LogP contribution in [0.5, 0.6) is 0 Å². The average Bonchev–Trinajstić information content (AvgIpc) is 1.54. The molecule has 0 unspecified atom stereocenters. The van der Waals surface area contributed by atoms with Gasteiger partial charge < -0.3 is 9.13 Å². The molecule has 0 atom stereocenters. The van der Waals surface area contributed by atoms with E-state index in [1.165, 1.54) is 12.1 Å². The van der Waals surface area contributed by atoms with Crippen molar-refractivity contribution in [2.24, 2.45) is 0 Å². The van der Waals surface area contributed by atoms with Crippen molar-refractivity contribution in [1.29, 1.82) is 0 Å². The summed E-state index contributed by atoms with van der Waals surface area (Å²) < 4.78 is 50.6. The molecule has 0 radical (unpaired) electrons. The van der Waals surface area contributed by atoms with Gasteiger partial charge >= 0.3 is 6.18 Å². The number of alkyl halides is 3. The summed E-state index contributed by atoms with van der Waals surface area (Å²) in [5.74, 6) is 0. The van der Waals surface area contributed by atoms with Gasteiger partial charge in [0.15, 0.2) is 5.69 Å². The predicted octanol–water partition coefficient (Wildman–Crippen LogP) is 22.0. The fraction of sp³-hybridized carbons (Fsp3) is 0.0122. The Hall–Kier alpha value is -12.3. The van der Waals surface area contributed by atoms with Gasteiger partial charge in [-0.2, -0.15) is 13.2 Å². The molecule has 92 heavy (non-hydrogen) atoms. The van der Waals surface area contributed by atoms with Gasteiger partial charge in [-0.3, -0.25) is 19.9 Å². The number of halogens is 3. The number of rotatable bonds is 11. The summed E-state index contributed by atoms with van der Waals surface area (Å²) in [7, 11) is 0. The Morgan fingerprint density at radius 1 is 0.283 bits per heavy atom. The number of aromatic nitrogens is 6. The molecule has 434 valence electrons. The molecule has 0 spiro atoms. The first-order valence-electron chi connectivity index (χ1n) is 30.2. The average molecular weight is 1190 g/mol. The second-order valence-electron chi connectivity index (χ2n) is 22.8. The SMILES string of the molecule is [C-]#[N+]c1cc(-n2c3ccc(-c4ccnc(-c5ccccc5)c4)cc3c3cc(-c4ccnc(-c5ccccc5)c4)ccc32)c(-n2c3ccc(-c4ccnc(-c5ccccc5)c4)cc3c3cc(-c4ccnc(-c5ccccc5)c4)ccc32)cc1-c1ccccc1C(F)(F)F. The Kier molecular flexibility index (Phi) is 13.6. The monoisotopic (exact) mass is 1190 g/mol. The van der Waals surface area contributed by atoms with E-state index in [-0.39, 0.29) is 16.8 Å². The lowest BCUT2D eigenvalue weighted by molar-refractivity contribution is -0.137. The maximum atomic E-state index is 15.4. The molecule has 0 amide bonds. The number of hydrogen-bond acceptors (Lipinski definition) is 4. The van der Waals surface area contributed by atoms with Crippen molar-refractivity contribution in [2.75, 3.05) is 0 Å². The van der Waals surface area contributed by atoms with E-state index >= 15 is 13.2 Å². The van der Waals surface area contributed by atoms with Crippen LogP contribution in [0.1, 0.15) is 5.56 Å². The molecule has 0 fully saturated rings. The normalized spacial score (nSPS) is 11.6. The second kappa shape index (κ2) is 22.7. The summed E-state index contributed by atoms with van der Waals surface area (Å²) in [5, 5.41) is 3.66. The summed E-state index contributed by atoms with van der Waals surface area (Å²) in [6.07, 6.45) is 2.60. The van der Waals surface area contributed by atoms with Crippen LogP contribution in [0.25, 0.3) is 160 Å². The van der Waals surface area contributed by atoms with Gasteiger partial charge in [0.25, 0.3) is 0 Å². The molecule has 0 saturated heterocycles. The van der Waals surface area contributed by atoms with Gasteiger partial charge in [-0.05, 0) is 171 Å². The lowest BCUT2D eigenvalue weighted by atomic mass is 9.96. The Morgan fingerprint density at radius 2 is 0.576 bits per heavy atom. The first-order chi connectivity index (χ1) is 45.2. The van der Waals surface area contributed by atoms with Gasteiger partial charge in [0, 0.05) is 68.6 Å². The molecule has 0 N–H and O–H groups in total. The van der Waals surface area contributed by atoms with E-state index in [9.17, 15) is 0 Å². The number of benzene rings is 10. The van der Waals surface area contributed by atoms with Crippen LogP contribution in [-0.4, -0.2) is 29.1 Å². The van der Waals surface area contributed by atoms with E-state index in [2.05, 4.69) is 135 Å². The van der Waals surface area contributed by atoms with Gasteiger partial charge in [0.2, 0.25) is 0 Å². The summed E-state index contributed by atoms with van der Waals surface area (Å²) in [6.45, 7) is 8.88. The highest BCUT2D eigenvalue weighted by atomic mass is 19.4. The van der Waals surface area contributed by atoms with Crippen LogP contribution in [0.3, 0.4) is 0 Å². The molecule has 0 saturated carbocycles. The third-order valence-corrected chi connectivity index (χ3v) is 17.4. The van der Waals surface area contributed by atoms with E-state index < -0.39 is 11.7 Å². The van der Waals surface area contributed by atoms with Crippen LogP contribution in [0.2, 0.25) is 0 Å². The van der Waals surface area contributed by atoms with Gasteiger partial charge in [-0.25, -0.2) is 4.85 Å². The van der Waals surface area contributed by atoms with E-state index in [0.717, 1.165) is 139 Å². The van der Waals surface area contributed by atoms with Gasteiger partial charge in [0.1, 0.15) is 0 Å². The minimum Gasteiger partial charge on any atom is -0.308 e. The van der Waals surface area contributed by atoms with Crippen LogP contribution < -0.4 is 0 Å². The molecule has 0 aliphatic carbocycles. The van der Waals surface area contributed by atoms with Crippen molar-refractivity contribution in [2.45, 2.75) is 6.18 Å². The largest absolute Gasteiger partial charge is 0.416 e. The molecule has 7 nitrogen and oxygen atoms in total. The molecule has 0 bridgehead atoms. The topological polar surface area (TPSA) is 65.8 Å². The number of fused-ring (bicyclic) bond motifs is 6. The van der Waals surface area contributed by atoms with Crippen molar-refractivity contribution >= 4 is 49.3 Å². The summed E-state index contributed by atoms with van der Waals surface area (Å²) in [5.41, 5.74) is 18.6. The molecule has 0 aliphatic rings. The number of hydrogen-bond donors (Lipinski definition) is 0. The summed E-state index contributed by atoms with van der Waals surface area (Å²) >= 11 is 0. The van der Waals surface area contributed by atoms with Crippen molar-refractivity contribution in [3.05, 3.63) is 321 Å². The highest BCUT2D eigenvalue weighted by Crippen LogP contribution is 2.48. The van der Waals surface area contributed by atoms with Crippen molar-refractivity contribution < 1.29 is 13.2 Å². The van der Waals surface area contributed by atoms with Gasteiger partial charge in [-0.15, -0.1) is 0 Å². The van der Waals surface area contributed by atoms with E-state index in [4.69, 9.17) is 26.5 Å². The third kappa shape index (κ3) is 9.91. The van der Waals surface area contributed by atoms with Crippen LogP contribution in [0.15, 0.2) is 304 Å². The fourth-order valence-electron chi connectivity index (χ4n) is 13.0. The minimum absolute atomic E-state index is 0.0586. The quantitative estimate of drug-likeness (QED) is 0.121. The molecule has 16 aromatic rings. The van der Waals surface area contributed by atoms with Crippen molar-refractivity contribution in [1.82, 2.24) is 29.1 Å². The van der Waals surface area contributed by atoms with Gasteiger partial charge in [0.05, 0.1) is 68.4 Å². The Balaban J connectivity index is 0.982. The Bertz CT molecular complexity index is 5300. The van der Waals surface area contributed by atoms with Gasteiger partial charge in [-0.1, -0.05) is 164 Å². The maximum Gasteiger partial charge on any atom is 0.416 e. The zero-order valence-corrected chi connectivity index (χ0v) is 49.1. The molecule has 6 aromatic heterocycles. The smallest absolute Gasteiger partial charge is 0.308 e. The molecule has 10 aromatic carbocycles. The standard InChI is InChI=1S/C82H50F3N7/c1-86-75-51-81(92-78-32-28-58(62-36-40-89-73(48-62)54-20-10-4-11-21-54)44-68(78)69-45-59(29-33-79(69)92)63-37-41-90-74(49-63)55-22-12-5-13-23-55)80(50-65(75)64-24-14-15-25-70(64)82(83,84)85)91-76-30-26-56(60-34-38-87-71(46-60)52-16-6-2-7-17-52)42-66(76)67-43-57(27-31-77(67)91)61-35-39-88-72(47-61)53-18-8-3-9-19-53/h2-51H. The van der Waals surface area contributed by atoms with Crippen LogP contribution >= 0.6 is 0 Å². The molecular formula is C82H50F3N7. The highest BCUT2D eigenvalue weighted by Gasteiger charge is 2.35. The number of pyridine rings is 4. The van der Waals surface area contributed by atoms with Crippen LogP contribution in [0, 0.1) is 6.57 Å². The van der Waals surface area contributed by atoms with E-state index in [0.29, 0.717) is 11.4 Å². The predicted molar refractivity (Wildman–Crippen MR) is 366 cm³/mol. The summed E-state index contributed by atoms with van der Waals surface area (Å²) in [6, 6.07) is 91.6. The first-order valence-corrected chi connectivity index (χ1v) is 30.2. The lowest BCUT2D eigenvalue weighted by Gasteiger charge is -2.21. The molecule has 16 rings (SSSR count). The Labute approximate surface area is 527 Å². The van der Waals surface area contributed by atoms with Crippen molar-refractivity contribution in [3.8, 4) is 112 Å². The fourth-order valence-corrected chi connectivity index (χ4v) is 13.0. The van der Waals surface area contributed by atoms with Crippen LogP contribution in [0.4, 0.5) is 18.9 Å². The third-order valence-electron chi connectivity index (χ3n) is 17.4. The summed E-state index contributed by atoms with van der Waals surface area (Å²) in [4.78, 5) is 23.2. The maximum absolute atomic E-state index is 15.4.